The molecule has 3 aliphatic heterocycles. The van der Waals surface area contributed by atoms with Crippen molar-refractivity contribution in [3.8, 4) is 0 Å². The molecule has 31 heavy (non-hydrogen) atoms. The van der Waals surface area contributed by atoms with E-state index in [-0.39, 0.29) is 42.0 Å². The summed E-state index contributed by atoms with van der Waals surface area (Å²) in [6.07, 6.45) is 2.62. The number of morpholine rings is 1. The summed E-state index contributed by atoms with van der Waals surface area (Å²) in [5.41, 5.74) is -0.511. The number of likely N-dealkylation sites (tertiary alicyclic amines) is 2. The fourth-order valence-corrected chi connectivity index (χ4v) is 4.86. The fraction of sp³-hybridized carbons (Fsp3) is 0.870. The van der Waals surface area contributed by atoms with E-state index >= 15 is 0 Å². The molecule has 0 saturated carbocycles. The molecule has 0 aliphatic carbocycles. The third kappa shape index (κ3) is 6.34. The number of carbonyl (C=O) groups is 3. The molecule has 8 heteroatoms. The Morgan fingerprint density at radius 1 is 0.742 bits per heavy atom. The second-order valence-electron chi connectivity index (χ2n) is 10.3. The van der Waals surface area contributed by atoms with Crippen molar-refractivity contribution in [1.82, 2.24) is 14.7 Å². The number of rotatable bonds is 2. The van der Waals surface area contributed by atoms with Gasteiger partial charge in [0.15, 0.2) is 0 Å². The quantitative estimate of drug-likeness (QED) is 0.663. The summed E-state index contributed by atoms with van der Waals surface area (Å²) in [6, 6.07) is 0. The first-order valence-electron chi connectivity index (χ1n) is 11.7. The van der Waals surface area contributed by atoms with Crippen LogP contribution in [0.25, 0.3) is 0 Å². The maximum absolute atomic E-state index is 13.0. The largest absolute Gasteiger partial charge is 0.444 e. The Morgan fingerprint density at radius 3 is 1.61 bits per heavy atom. The number of ether oxygens (including phenoxy) is 2. The van der Waals surface area contributed by atoms with Crippen molar-refractivity contribution in [2.75, 3.05) is 39.3 Å². The molecule has 3 fully saturated rings. The average molecular weight is 438 g/mol. The Balaban J connectivity index is 1.43. The van der Waals surface area contributed by atoms with Gasteiger partial charge < -0.3 is 24.2 Å². The Hall–Kier alpha value is -1.83. The zero-order valence-corrected chi connectivity index (χ0v) is 19.8. The highest BCUT2D eigenvalue weighted by molar-refractivity contribution is 5.81. The number of hydrogen-bond acceptors (Lipinski definition) is 5. The molecule has 0 N–H and O–H groups in total. The molecule has 0 spiro atoms. The molecule has 0 aromatic heterocycles. The van der Waals surface area contributed by atoms with Crippen LogP contribution in [-0.2, 0) is 19.1 Å². The van der Waals surface area contributed by atoms with Gasteiger partial charge in [-0.15, -0.1) is 0 Å². The molecule has 3 amide bonds. The van der Waals surface area contributed by atoms with E-state index in [9.17, 15) is 14.4 Å². The van der Waals surface area contributed by atoms with Crippen LogP contribution in [0, 0.1) is 11.8 Å². The molecule has 176 valence electrons. The fourth-order valence-electron chi connectivity index (χ4n) is 4.86. The molecule has 0 aromatic carbocycles. The van der Waals surface area contributed by atoms with E-state index in [1.54, 1.807) is 4.90 Å². The monoisotopic (exact) mass is 437 g/mol. The Labute approximate surface area is 186 Å². The van der Waals surface area contributed by atoms with Crippen LogP contribution >= 0.6 is 0 Å². The van der Waals surface area contributed by atoms with Crippen molar-refractivity contribution in [3.05, 3.63) is 0 Å². The normalized spacial score (nSPS) is 26.7. The predicted octanol–water partition coefficient (Wildman–Crippen LogP) is 2.51. The second kappa shape index (κ2) is 9.76. The molecule has 0 radical (unpaired) electrons. The topological polar surface area (TPSA) is 79.4 Å². The number of nitrogens with zero attached hydrogens (tertiary/aromatic N) is 3. The van der Waals surface area contributed by atoms with Gasteiger partial charge in [-0.25, -0.2) is 4.79 Å². The molecule has 8 nitrogen and oxygen atoms in total. The second-order valence-corrected chi connectivity index (χ2v) is 10.3. The summed E-state index contributed by atoms with van der Waals surface area (Å²) in [4.78, 5) is 43.7. The first kappa shape index (κ1) is 23.8. The highest BCUT2D eigenvalue weighted by Crippen LogP contribution is 2.26. The zero-order chi connectivity index (χ0) is 22.8. The molecule has 2 unspecified atom stereocenters. The lowest BCUT2D eigenvalue weighted by atomic mass is 9.91. The van der Waals surface area contributed by atoms with Crippen LogP contribution in [0.15, 0.2) is 0 Å². The maximum Gasteiger partial charge on any atom is 0.410 e. The van der Waals surface area contributed by atoms with Gasteiger partial charge in [-0.1, -0.05) is 0 Å². The molecule has 3 rings (SSSR count). The Bertz CT molecular complexity index is 651. The van der Waals surface area contributed by atoms with Gasteiger partial charge in [0.25, 0.3) is 0 Å². The number of amides is 3. The van der Waals surface area contributed by atoms with E-state index < -0.39 is 5.60 Å². The number of piperidine rings is 2. The molecular formula is C23H39N3O5. The Morgan fingerprint density at radius 2 is 1.16 bits per heavy atom. The van der Waals surface area contributed by atoms with Crippen LogP contribution in [0.3, 0.4) is 0 Å². The van der Waals surface area contributed by atoms with E-state index in [2.05, 4.69) is 0 Å². The first-order valence-corrected chi connectivity index (χ1v) is 11.7. The molecule has 0 bridgehead atoms. The lowest BCUT2D eigenvalue weighted by molar-refractivity contribution is -0.151. The minimum atomic E-state index is -0.511. The number of hydrogen-bond donors (Lipinski definition) is 0. The van der Waals surface area contributed by atoms with Crippen LogP contribution in [0.4, 0.5) is 4.79 Å². The summed E-state index contributed by atoms with van der Waals surface area (Å²) in [7, 11) is 0. The summed E-state index contributed by atoms with van der Waals surface area (Å²) >= 11 is 0. The van der Waals surface area contributed by atoms with Crippen molar-refractivity contribution in [2.24, 2.45) is 11.8 Å². The van der Waals surface area contributed by atoms with Crippen molar-refractivity contribution >= 4 is 17.9 Å². The van der Waals surface area contributed by atoms with Crippen molar-refractivity contribution in [2.45, 2.75) is 78.1 Å². The minimum absolute atomic E-state index is 0.00411. The smallest absolute Gasteiger partial charge is 0.410 e. The van der Waals surface area contributed by atoms with Crippen molar-refractivity contribution in [3.63, 3.8) is 0 Å². The van der Waals surface area contributed by atoms with E-state index in [1.165, 1.54) is 0 Å². The van der Waals surface area contributed by atoms with Gasteiger partial charge in [0.2, 0.25) is 11.8 Å². The van der Waals surface area contributed by atoms with Crippen LogP contribution < -0.4 is 0 Å². The van der Waals surface area contributed by atoms with Crippen LogP contribution in [-0.4, -0.2) is 89.7 Å². The van der Waals surface area contributed by atoms with Crippen LogP contribution in [0.5, 0.6) is 0 Å². The molecule has 3 saturated heterocycles. The van der Waals surface area contributed by atoms with Gasteiger partial charge in [-0.05, 0) is 60.3 Å². The SMILES string of the molecule is CC1CN(C(=O)C2CCN(C(=O)C3CCN(C(=O)OC(C)(C)C)CC3)CC2)CC(C)O1. The number of carbonyl (C=O) groups excluding carboxylic acids is 3. The van der Waals surface area contributed by atoms with Gasteiger partial charge in [-0.3, -0.25) is 9.59 Å². The van der Waals surface area contributed by atoms with Gasteiger partial charge >= 0.3 is 6.09 Å². The highest BCUT2D eigenvalue weighted by Gasteiger charge is 2.36. The first-order chi connectivity index (χ1) is 14.5. The van der Waals surface area contributed by atoms with Crippen molar-refractivity contribution < 1.29 is 23.9 Å². The predicted molar refractivity (Wildman–Crippen MR) is 116 cm³/mol. The van der Waals surface area contributed by atoms with Gasteiger partial charge in [0.1, 0.15) is 5.60 Å². The molecule has 0 aromatic rings. The highest BCUT2D eigenvalue weighted by atomic mass is 16.6. The standard InChI is InChI=1S/C23H39N3O5/c1-16-14-26(15-17(2)30-16)21(28)19-6-10-24(11-7-19)20(27)18-8-12-25(13-9-18)22(29)31-23(3,4)5/h16-19H,6-15H2,1-5H3. The van der Waals surface area contributed by atoms with E-state index in [4.69, 9.17) is 9.47 Å². The molecule has 3 aliphatic rings. The van der Waals surface area contributed by atoms with Gasteiger partial charge in [-0.2, -0.15) is 0 Å². The van der Waals surface area contributed by atoms with Gasteiger partial charge in [0.05, 0.1) is 12.2 Å². The third-order valence-electron chi connectivity index (χ3n) is 6.38. The zero-order valence-electron chi connectivity index (χ0n) is 19.8. The van der Waals surface area contributed by atoms with Gasteiger partial charge in [0, 0.05) is 51.1 Å². The molecule has 3 heterocycles. The average Bonchev–Trinajstić information content (AvgIpc) is 2.71. The summed E-state index contributed by atoms with van der Waals surface area (Å²) in [6.45, 7) is 13.3. The summed E-state index contributed by atoms with van der Waals surface area (Å²) in [5, 5.41) is 0. The summed E-state index contributed by atoms with van der Waals surface area (Å²) < 4.78 is 11.2. The maximum atomic E-state index is 13.0. The lowest BCUT2D eigenvalue weighted by Gasteiger charge is -2.40. The molecular weight excluding hydrogens is 398 g/mol. The van der Waals surface area contributed by atoms with E-state index in [0.717, 1.165) is 12.8 Å². The van der Waals surface area contributed by atoms with Crippen molar-refractivity contribution in [1.29, 1.82) is 0 Å². The van der Waals surface area contributed by atoms with Crippen LogP contribution in [0.1, 0.15) is 60.3 Å². The van der Waals surface area contributed by atoms with E-state index in [0.29, 0.717) is 52.1 Å². The minimum Gasteiger partial charge on any atom is -0.444 e. The third-order valence-corrected chi connectivity index (χ3v) is 6.38. The Kier molecular flexibility index (Phi) is 7.50. The summed E-state index contributed by atoms with van der Waals surface area (Å²) in [5.74, 6) is 0.325. The van der Waals surface area contributed by atoms with Crippen LogP contribution in [0.2, 0.25) is 0 Å². The lowest BCUT2D eigenvalue weighted by Crippen LogP contribution is -2.52. The molecule has 2 atom stereocenters. The van der Waals surface area contributed by atoms with E-state index in [1.807, 2.05) is 44.4 Å².